The lowest BCUT2D eigenvalue weighted by atomic mass is 10.1. The highest BCUT2D eigenvalue weighted by molar-refractivity contribution is 6.66. The van der Waals surface area contributed by atoms with Crippen molar-refractivity contribution in [1.29, 1.82) is 0 Å². The van der Waals surface area contributed by atoms with Gasteiger partial charge in [0, 0.05) is 0 Å². The Kier molecular flexibility index (Phi) is 4.88. The number of halogens is 1. The summed E-state index contributed by atoms with van der Waals surface area (Å²) in [6, 6.07) is 0. The Morgan fingerprint density at radius 3 is 2.36 bits per heavy atom. The molecule has 0 unspecified atom stereocenters. The molecule has 1 nitrogen and oxygen atoms in total. The van der Waals surface area contributed by atoms with E-state index in [4.69, 9.17) is 11.6 Å². The molecule has 11 heavy (non-hydrogen) atoms. The maximum atomic E-state index is 10.4. The lowest BCUT2D eigenvalue weighted by Crippen LogP contribution is -1.84. The summed E-state index contributed by atoms with van der Waals surface area (Å²) >= 11 is 5.15. The zero-order valence-electron chi connectivity index (χ0n) is 6.98. The summed E-state index contributed by atoms with van der Waals surface area (Å²) in [7, 11) is 0. The van der Waals surface area contributed by atoms with Gasteiger partial charge in [-0.05, 0) is 44.4 Å². The minimum absolute atomic E-state index is 0.399. The number of carbonyl (C=O) groups excluding carboxylic acids is 1. The van der Waals surface area contributed by atoms with Gasteiger partial charge in [0.2, 0.25) is 5.24 Å². The van der Waals surface area contributed by atoms with Crippen molar-refractivity contribution in [2.24, 2.45) is 0 Å². The molecule has 0 heterocycles. The Labute approximate surface area is 72.7 Å². The van der Waals surface area contributed by atoms with Crippen LogP contribution < -0.4 is 0 Å². The van der Waals surface area contributed by atoms with E-state index in [-0.39, 0.29) is 0 Å². The van der Waals surface area contributed by atoms with Gasteiger partial charge in [-0.1, -0.05) is 11.1 Å². The highest BCUT2D eigenvalue weighted by Gasteiger charge is 1.93. The Balaban J connectivity index is 3.77. The molecular formula is C9H13ClO. The van der Waals surface area contributed by atoms with E-state index in [0.29, 0.717) is 0 Å². The fraction of sp³-hybridized carbons (Fsp3) is 0.444. The van der Waals surface area contributed by atoms with Crippen molar-refractivity contribution in [3.05, 3.63) is 23.8 Å². The molecular weight excluding hydrogens is 160 g/mol. The lowest BCUT2D eigenvalue weighted by Gasteiger charge is -1.98. The van der Waals surface area contributed by atoms with Crippen LogP contribution in [-0.2, 0) is 4.79 Å². The molecule has 0 N–H and O–H groups in total. The molecule has 62 valence electrons. The molecule has 0 bridgehead atoms. The largest absolute Gasteiger partial charge is 0.276 e. The van der Waals surface area contributed by atoms with Gasteiger partial charge in [-0.3, -0.25) is 4.79 Å². The fourth-order valence-corrected chi connectivity index (χ4v) is 0.863. The minimum atomic E-state index is -0.399. The van der Waals surface area contributed by atoms with E-state index >= 15 is 0 Å². The van der Waals surface area contributed by atoms with Gasteiger partial charge in [0.15, 0.2) is 0 Å². The SMILES string of the molecule is C=C(C)CCC(C)=CC(=O)Cl. The lowest BCUT2D eigenvalue weighted by molar-refractivity contribution is -0.107. The monoisotopic (exact) mass is 172 g/mol. The topological polar surface area (TPSA) is 17.1 Å². The predicted molar refractivity (Wildman–Crippen MR) is 48.7 cm³/mol. The van der Waals surface area contributed by atoms with E-state index in [1.807, 2.05) is 13.8 Å². The first kappa shape index (κ1) is 10.4. The first-order valence-electron chi connectivity index (χ1n) is 3.53. The Hall–Kier alpha value is -0.560. The van der Waals surface area contributed by atoms with Crippen LogP contribution in [0.5, 0.6) is 0 Å². The molecule has 0 saturated carbocycles. The number of allylic oxidation sites excluding steroid dienone is 3. The van der Waals surface area contributed by atoms with Gasteiger partial charge in [0.25, 0.3) is 0 Å². The van der Waals surface area contributed by atoms with E-state index in [9.17, 15) is 4.79 Å². The van der Waals surface area contributed by atoms with Crippen molar-refractivity contribution in [3.63, 3.8) is 0 Å². The molecule has 0 saturated heterocycles. The molecule has 0 spiro atoms. The van der Waals surface area contributed by atoms with Crippen molar-refractivity contribution in [3.8, 4) is 0 Å². The molecule has 0 rings (SSSR count). The number of carbonyl (C=O) groups is 1. The average molecular weight is 173 g/mol. The first-order valence-corrected chi connectivity index (χ1v) is 3.91. The van der Waals surface area contributed by atoms with Crippen LogP contribution in [0, 0.1) is 0 Å². The summed E-state index contributed by atoms with van der Waals surface area (Å²) in [5.74, 6) is 0. The van der Waals surface area contributed by atoms with Crippen molar-refractivity contribution in [1.82, 2.24) is 0 Å². The van der Waals surface area contributed by atoms with E-state index in [0.717, 1.165) is 24.0 Å². The van der Waals surface area contributed by atoms with Gasteiger partial charge < -0.3 is 0 Å². The molecule has 0 radical (unpaired) electrons. The van der Waals surface area contributed by atoms with E-state index < -0.39 is 5.24 Å². The van der Waals surface area contributed by atoms with Gasteiger partial charge in [0.05, 0.1) is 0 Å². The molecule has 0 aromatic heterocycles. The highest BCUT2D eigenvalue weighted by Crippen LogP contribution is 2.09. The van der Waals surface area contributed by atoms with Crippen LogP contribution in [0.4, 0.5) is 0 Å². The molecule has 0 atom stereocenters. The van der Waals surface area contributed by atoms with Crippen molar-refractivity contribution >= 4 is 16.8 Å². The highest BCUT2D eigenvalue weighted by atomic mass is 35.5. The normalized spacial score (nSPS) is 11.4. The van der Waals surface area contributed by atoms with Crippen LogP contribution in [0.25, 0.3) is 0 Å². The zero-order valence-corrected chi connectivity index (χ0v) is 7.74. The molecule has 0 aliphatic carbocycles. The molecule has 0 aliphatic rings. The van der Waals surface area contributed by atoms with Crippen LogP contribution in [0.3, 0.4) is 0 Å². The van der Waals surface area contributed by atoms with E-state index in [2.05, 4.69) is 6.58 Å². The molecule has 0 aromatic carbocycles. The van der Waals surface area contributed by atoms with Gasteiger partial charge in [0.1, 0.15) is 0 Å². The van der Waals surface area contributed by atoms with Gasteiger partial charge >= 0.3 is 0 Å². The van der Waals surface area contributed by atoms with Gasteiger partial charge in [-0.25, -0.2) is 0 Å². The van der Waals surface area contributed by atoms with Crippen LogP contribution in [0.15, 0.2) is 23.8 Å². The summed E-state index contributed by atoms with van der Waals surface area (Å²) in [6.45, 7) is 7.62. The van der Waals surface area contributed by atoms with Crippen molar-refractivity contribution < 1.29 is 4.79 Å². The predicted octanol–water partition coefficient (Wildman–Crippen LogP) is 3.05. The smallest absolute Gasteiger partial charge is 0.245 e. The summed E-state index contributed by atoms with van der Waals surface area (Å²) in [6.07, 6.45) is 3.24. The third kappa shape index (κ3) is 7.34. The Morgan fingerprint density at radius 2 is 2.00 bits per heavy atom. The maximum absolute atomic E-state index is 10.4. The maximum Gasteiger partial charge on any atom is 0.245 e. The van der Waals surface area contributed by atoms with Crippen LogP contribution in [-0.4, -0.2) is 5.24 Å². The minimum Gasteiger partial charge on any atom is -0.276 e. The summed E-state index contributed by atoms with van der Waals surface area (Å²) in [4.78, 5) is 10.4. The summed E-state index contributed by atoms with van der Waals surface area (Å²) in [5, 5.41) is -0.399. The zero-order chi connectivity index (χ0) is 8.85. The molecule has 0 amide bonds. The summed E-state index contributed by atoms with van der Waals surface area (Å²) in [5.41, 5.74) is 2.13. The van der Waals surface area contributed by atoms with Crippen molar-refractivity contribution in [2.75, 3.05) is 0 Å². The molecule has 0 aromatic rings. The second kappa shape index (κ2) is 5.14. The standard InChI is InChI=1S/C9H13ClO/c1-7(2)4-5-8(3)6-9(10)11/h6H,1,4-5H2,2-3H3. The Morgan fingerprint density at radius 1 is 1.45 bits per heavy atom. The third-order valence-corrected chi connectivity index (χ3v) is 1.42. The third-order valence-electron chi connectivity index (χ3n) is 1.31. The number of rotatable bonds is 4. The van der Waals surface area contributed by atoms with Gasteiger partial charge in [-0.2, -0.15) is 0 Å². The van der Waals surface area contributed by atoms with Crippen molar-refractivity contribution in [2.45, 2.75) is 26.7 Å². The summed E-state index contributed by atoms with van der Waals surface area (Å²) < 4.78 is 0. The second-order valence-electron chi connectivity index (χ2n) is 2.75. The molecule has 0 fully saturated rings. The van der Waals surface area contributed by atoms with E-state index in [1.54, 1.807) is 0 Å². The number of hydrogen-bond acceptors (Lipinski definition) is 1. The number of hydrogen-bond donors (Lipinski definition) is 0. The van der Waals surface area contributed by atoms with E-state index in [1.165, 1.54) is 6.08 Å². The Bertz CT molecular complexity index is 192. The van der Waals surface area contributed by atoms with Crippen LogP contribution >= 0.6 is 11.6 Å². The molecule has 0 aliphatic heterocycles. The first-order chi connectivity index (χ1) is 5.02. The van der Waals surface area contributed by atoms with Gasteiger partial charge in [-0.15, -0.1) is 6.58 Å². The quantitative estimate of drug-likeness (QED) is 0.362. The van der Waals surface area contributed by atoms with Crippen LogP contribution in [0.1, 0.15) is 26.7 Å². The average Bonchev–Trinajstić information content (AvgIpc) is 1.82. The fourth-order valence-electron chi connectivity index (χ4n) is 0.676. The van der Waals surface area contributed by atoms with Crippen LogP contribution in [0.2, 0.25) is 0 Å². The molecule has 2 heteroatoms. The second-order valence-corrected chi connectivity index (χ2v) is 3.12.